The van der Waals surface area contributed by atoms with Gasteiger partial charge in [-0.1, -0.05) is 19.1 Å². The van der Waals surface area contributed by atoms with Gasteiger partial charge in [0.15, 0.2) is 11.5 Å². The Balaban J connectivity index is 1.83. The van der Waals surface area contributed by atoms with Crippen LogP contribution in [0.1, 0.15) is 43.1 Å². The molecule has 0 aliphatic carbocycles. The first-order valence-corrected chi connectivity index (χ1v) is 7.76. The Kier molecular flexibility index (Phi) is 3.80. The topological polar surface area (TPSA) is 42.2 Å². The number of hydrogen-bond acceptors (Lipinski definition) is 4. The predicted molar refractivity (Wildman–Crippen MR) is 81.9 cm³/mol. The second kappa shape index (κ2) is 5.73. The minimum atomic E-state index is 0.152. The van der Waals surface area contributed by atoms with Crippen LogP contribution >= 0.6 is 11.3 Å². The van der Waals surface area contributed by atoms with E-state index in [1.54, 1.807) is 11.3 Å². The van der Waals surface area contributed by atoms with Crippen molar-refractivity contribution in [2.45, 2.75) is 32.4 Å². The Morgan fingerprint density at radius 2 is 2.15 bits per heavy atom. The fraction of sp³-hybridized carbons (Fsp3) is 0.333. The summed E-state index contributed by atoms with van der Waals surface area (Å²) >= 11 is 1.79. The molecule has 0 radical (unpaired) electrons. The highest BCUT2D eigenvalue weighted by Gasteiger charge is 2.18. The highest BCUT2D eigenvalue weighted by atomic mass is 32.1. The van der Waals surface area contributed by atoms with Crippen molar-refractivity contribution in [2.24, 2.45) is 0 Å². The van der Waals surface area contributed by atoms with E-state index in [0.717, 1.165) is 17.9 Å². The fourth-order valence-electron chi connectivity index (χ4n) is 2.42. The van der Waals surface area contributed by atoms with Gasteiger partial charge in [-0.3, -0.25) is 9.72 Å². The number of aromatic nitrogens is 3. The van der Waals surface area contributed by atoms with Gasteiger partial charge >= 0.3 is 0 Å². The predicted octanol–water partition coefficient (Wildman–Crippen LogP) is 3.59. The van der Waals surface area contributed by atoms with Crippen molar-refractivity contribution in [3.8, 4) is 0 Å². The molecule has 0 aliphatic rings. The number of rotatable bonds is 5. The maximum Gasteiger partial charge on any atom is 0.160 e. The Labute approximate surface area is 122 Å². The summed E-state index contributed by atoms with van der Waals surface area (Å²) in [5.41, 5.74) is 0.889. The molecule has 0 spiro atoms. The lowest BCUT2D eigenvalue weighted by molar-refractivity contribution is 0.445. The van der Waals surface area contributed by atoms with E-state index in [9.17, 15) is 0 Å². The van der Waals surface area contributed by atoms with E-state index >= 15 is 0 Å². The van der Waals surface area contributed by atoms with E-state index in [1.807, 2.05) is 28.8 Å². The van der Waals surface area contributed by atoms with Gasteiger partial charge in [-0.2, -0.15) is 0 Å². The van der Waals surface area contributed by atoms with Gasteiger partial charge in [0.05, 0.1) is 6.04 Å². The molecule has 0 saturated heterocycles. The monoisotopic (exact) mass is 286 g/mol. The van der Waals surface area contributed by atoms with Crippen molar-refractivity contribution >= 4 is 17.0 Å². The normalized spacial score (nSPS) is 14.5. The van der Waals surface area contributed by atoms with E-state index in [2.05, 4.69) is 46.9 Å². The van der Waals surface area contributed by atoms with Gasteiger partial charge < -0.3 is 0 Å². The average Bonchev–Trinajstić information content (AvgIpc) is 3.13. The van der Waals surface area contributed by atoms with Gasteiger partial charge in [0, 0.05) is 17.1 Å². The summed E-state index contributed by atoms with van der Waals surface area (Å²) in [4.78, 5) is 1.37. The third kappa shape index (κ3) is 2.46. The zero-order valence-electron chi connectivity index (χ0n) is 11.7. The molecular weight excluding hydrogens is 268 g/mol. The zero-order chi connectivity index (χ0) is 13.9. The molecule has 3 aromatic rings. The number of nitrogens with zero attached hydrogens (tertiary/aromatic N) is 3. The third-order valence-corrected chi connectivity index (χ3v) is 4.46. The molecular formula is C15H18N4S. The van der Waals surface area contributed by atoms with E-state index in [4.69, 9.17) is 0 Å². The molecule has 5 heteroatoms. The number of hydrogen-bond donors (Lipinski definition) is 1. The standard InChI is InChI=1S/C15H18N4S/c1-3-12(13-7-6-10-20-13)16-11(2)15-18-17-14-8-4-5-9-19(14)15/h4-12,16H,3H2,1-2H3. The Morgan fingerprint density at radius 1 is 1.25 bits per heavy atom. The smallest absolute Gasteiger partial charge is 0.160 e. The van der Waals surface area contributed by atoms with Crippen LogP contribution in [0, 0.1) is 0 Å². The molecule has 4 nitrogen and oxygen atoms in total. The average molecular weight is 286 g/mol. The summed E-state index contributed by atoms with van der Waals surface area (Å²) in [5.74, 6) is 0.954. The molecule has 104 valence electrons. The maximum atomic E-state index is 4.32. The summed E-state index contributed by atoms with van der Waals surface area (Å²) in [6, 6.07) is 10.7. The molecule has 20 heavy (non-hydrogen) atoms. The number of nitrogens with one attached hydrogen (secondary N) is 1. The van der Waals surface area contributed by atoms with Crippen LogP contribution in [0.2, 0.25) is 0 Å². The van der Waals surface area contributed by atoms with Crippen LogP contribution in [0.4, 0.5) is 0 Å². The van der Waals surface area contributed by atoms with Gasteiger partial charge in [-0.25, -0.2) is 0 Å². The van der Waals surface area contributed by atoms with Crippen LogP contribution in [0.25, 0.3) is 5.65 Å². The maximum absolute atomic E-state index is 4.32. The lowest BCUT2D eigenvalue weighted by atomic mass is 10.1. The van der Waals surface area contributed by atoms with Crippen LogP contribution in [0.3, 0.4) is 0 Å². The molecule has 3 rings (SSSR count). The highest BCUT2D eigenvalue weighted by molar-refractivity contribution is 7.10. The van der Waals surface area contributed by atoms with Crippen molar-refractivity contribution in [1.82, 2.24) is 19.9 Å². The molecule has 1 N–H and O–H groups in total. The van der Waals surface area contributed by atoms with E-state index in [1.165, 1.54) is 4.88 Å². The molecule has 3 aromatic heterocycles. The van der Waals surface area contributed by atoms with Gasteiger partial charge in [-0.15, -0.1) is 21.5 Å². The SMILES string of the molecule is CCC(NC(C)c1nnc2ccccn12)c1cccs1. The summed E-state index contributed by atoms with van der Waals surface area (Å²) in [6.07, 6.45) is 3.07. The zero-order valence-corrected chi connectivity index (χ0v) is 12.5. The summed E-state index contributed by atoms with van der Waals surface area (Å²) in [5, 5.41) is 14.3. The minimum absolute atomic E-state index is 0.152. The molecule has 0 aliphatic heterocycles. The second-order valence-electron chi connectivity index (χ2n) is 4.85. The van der Waals surface area contributed by atoms with E-state index in [0.29, 0.717) is 6.04 Å². The first-order valence-electron chi connectivity index (χ1n) is 6.88. The summed E-state index contributed by atoms with van der Waals surface area (Å²) in [7, 11) is 0. The fourth-order valence-corrected chi connectivity index (χ4v) is 3.29. The first kappa shape index (κ1) is 13.3. The van der Waals surface area contributed by atoms with Crippen molar-refractivity contribution in [3.63, 3.8) is 0 Å². The van der Waals surface area contributed by atoms with Crippen LogP contribution in [0.15, 0.2) is 41.9 Å². The molecule has 0 bridgehead atoms. The van der Waals surface area contributed by atoms with Crippen LogP contribution in [-0.4, -0.2) is 14.6 Å². The molecule has 2 atom stereocenters. The Bertz CT molecular complexity index is 674. The number of thiophene rings is 1. The third-order valence-electron chi connectivity index (χ3n) is 3.47. The van der Waals surface area contributed by atoms with Crippen molar-refractivity contribution < 1.29 is 0 Å². The first-order chi connectivity index (χ1) is 9.79. The summed E-state index contributed by atoms with van der Waals surface area (Å²) < 4.78 is 2.04. The Hall–Kier alpha value is -1.72. The summed E-state index contributed by atoms with van der Waals surface area (Å²) in [6.45, 7) is 4.34. The lowest BCUT2D eigenvalue weighted by Gasteiger charge is -2.20. The van der Waals surface area contributed by atoms with Crippen molar-refractivity contribution in [2.75, 3.05) is 0 Å². The van der Waals surface area contributed by atoms with Crippen molar-refractivity contribution in [1.29, 1.82) is 0 Å². The number of fused-ring (bicyclic) bond motifs is 1. The quantitative estimate of drug-likeness (QED) is 0.779. The lowest BCUT2D eigenvalue weighted by Crippen LogP contribution is -2.25. The molecule has 0 amide bonds. The molecule has 2 unspecified atom stereocenters. The van der Waals surface area contributed by atoms with Gasteiger partial charge in [0.25, 0.3) is 0 Å². The van der Waals surface area contributed by atoms with Crippen LogP contribution < -0.4 is 5.32 Å². The molecule has 3 heterocycles. The molecule has 0 saturated carbocycles. The molecule has 0 fully saturated rings. The van der Waals surface area contributed by atoms with Crippen LogP contribution in [-0.2, 0) is 0 Å². The number of pyridine rings is 1. The van der Waals surface area contributed by atoms with Gasteiger partial charge in [0.2, 0.25) is 0 Å². The second-order valence-corrected chi connectivity index (χ2v) is 5.83. The minimum Gasteiger partial charge on any atom is -0.300 e. The Morgan fingerprint density at radius 3 is 2.90 bits per heavy atom. The van der Waals surface area contributed by atoms with Crippen LogP contribution in [0.5, 0.6) is 0 Å². The van der Waals surface area contributed by atoms with Crippen molar-refractivity contribution in [3.05, 3.63) is 52.6 Å². The largest absolute Gasteiger partial charge is 0.300 e. The van der Waals surface area contributed by atoms with Gasteiger partial charge in [0.1, 0.15) is 0 Å². The molecule has 0 aromatic carbocycles. The highest BCUT2D eigenvalue weighted by Crippen LogP contribution is 2.25. The van der Waals surface area contributed by atoms with E-state index < -0.39 is 0 Å². The van der Waals surface area contributed by atoms with E-state index in [-0.39, 0.29) is 6.04 Å². The van der Waals surface area contributed by atoms with Gasteiger partial charge in [-0.05, 0) is 36.9 Å².